The van der Waals surface area contributed by atoms with E-state index in [0.29, 0.717) is 24.6 Å². The average molecular weight is 418 g/mol. The van der Waals surface area contributed by atoms with Gasteiger partial charge in [-0.1, -0.05) is 42.5 Å². The quantitative estimate of drug-likeness (QED) is 0.437. The first-order valence-corrected chi connectivity index (χ1v) is 11.3. The van der Waals surface area contributed by atoms with Gasteiger partial charge >= 0.3 is 0 Å². The number of benzene rings is 2. The van der Waals surface area contributed by atoms with E-state index in [1.807, 2.05) is 16.8 Å². The van der Waals surface area contributed by atoms with E-state index >= 15 is 0 Å². The highest BCUT2D eigenvalue weighted by molar-refractivity contribution is 7.08. The lowest BCUT2D eigenvalue weighted by Crippen LogP contribution is -2.37. The number of fused-ring (bicyclic) bond motifs is 1. The zero-order valence-electron chi connectivity index (χ0n) is 16.7. The van der Waals surface area contributed by atoms with Gasteiger partial charge in [-0.25, -0.2) is 0 Å². The van der Waals surface area contributed by atoms with Crippen molar-refractivity contribution >= 4 is 28.0 Å². The fourth-order valence-electron chi connectivity index (χ4n) is 4.32. The first kappa shape index (κ1) is 19.0. The molecule has 3 heterocycles. The van der Waals surface area contributed by atoms with Crippen LogP contribution >= 0.6 is 11.3 Å². The van der Waals surface area contributed by atoms with Gasteiger partial charge in [0.15, 0.2) is 0 Å². The topological polar surface area (TPSA) is 59.2 Å². The summed E-state index contributed by atoms with van der Waals surface area (Å²) in [5.41, 5.74) is 2.25. The lowest BCUT2D eigenvalue weighted by molar-refractivity contribution is -0.132. The molecule has 1 aliphatic rings. The van der Waals surface area contributed by atoms with Crippen LogP contribution in [0.5, 0.6) is 0 Å². The number of aryl methyl sites for hydroxylation is 1. The van der Waals surface area contributed by atoms with Crippen LogP contribution in [0, 0.1) is 0 Å². The van der Waals surface area contributed by atoms with E-state index in [-0.39, 0.29) is 11.9 Å². The van der Waals surface area contributed by atoms with Crippen LogP contribution in [0.4, 0.5) is 0 Å². The summed E-state index contributed by atoms with van der Waals surface area (Å²) in [4.78, 5) is 15.0. The van der Waals surface area contributed by atoms with Crippen molar-refractivity contribution in [1.82, 2.24) is 15.1 Å². The van der Waals surface area contributed by atoms with E-state index in [1.54, 1.807) is 11.3 Å². The predicted molar refractivity (Wildman–Crippen MR) is 118 cm³/mol. The molecule has 1 atom stereocenters. The maximum absolute atomic E-state index is 13.0. The van der Waals surface area contributed by atoms with Crippen molar-refractivity contribution in [2.24, 2.45) is 0 Å². The molecule has 0 N–H and O–H groups in total. The van der Waals surface area contributed by atoms with Gasteiger partial charge in [-0.3, -0.25) is 4.79 Å². The summed E-state index contributed by atoms with van der Waals surface area (Å²) in [5, 5.41) is 14.7. The van der Waals surface area contributed by atoms with Crippen LogP contribution in [0.1, 0.15) is 30.7 Å². The zero-order valence-corrected chi connectivity index (χ0v) is 17.5. The van der Waals surface area contributed by atoms with Gasteiger partial charge in [0.1, 0.15) is 0 Å². The normalized spacial score (nSPS) is 16.4. The Hall–Kier alpha value is -2.99. The molecule has 1 aliphatic heterocycles. The predicted octanol–water partition coefficient (Wildman–Crippen LogP) is 5.12. The SMILES string of the molecule is O=C(CCc1nnc(-c2ccsc2)o1)N1CCC[C@@H]1Cc1cccc2ccccc12. The second-order valence-electron chi connectivity index (χ2n) is 7.74. The minimum atomic E-state index is 0.174. The van der Waals surface area contributed by atoms with E-state index in [2.05, 4.69) is 57.6 Å². The Morgan fingerprint density at radius 1 is 1.13 bits per heavy atom. The molecular weight excluding hydrogens is 394 g/mol. The summed E-state index contributed by atoms with van der Waals surface area (Å²) < 4.78 is 5.73. The number of rotatable bonds is 6. The number of carbonyl (C=O) groups excluding carboxylic acids is 1. The highest BCUT2D eigenvalue weighted by atomic mass is 32.1. The molecule has 5 rings (SSSR count). The van der Waals surface area contributed by atoms with E-state index < -0.39 is 0 Å². The summed E-state index contributed by atoms with van der Waals surface area (Å²) in [7, 11) is 0. The summed E-state index contributed by atoms with van der Waals surface area (Å²) in [5.74, 6) is 1.22. The van der Waals surface area contributed by atoms with Crippen LogP contribution in [0.3, 0.4) is 0 Å². The Balaban J connectivity index is 1.24. The molecule has 0 spiro atoms. The first-order chi connectivity index (χ1) is 14.8. The van der Waals surface area contributed by atoms with Gasteiger partial charge in [0.05, 0.1) is 0 Å². The van der Waals surface area contributed by atoms with Crippen molar-refractivity contribution in [3.63, 3.8) is 0 Å². The van der Waals surface area contributed by atoms with Crippen molar-refractivity contribution in [2.75, 3.05) is 6.54 Å². The molecule has 1 amide bonds. The third kappa shape index (κ3) is 3.87. The van der Waals surface area contributed by atoms with E-state index in [1.165, 1.54) is 16.3 Å². The second-order valence-corrected chi connectivity index (χ2v) is 8.52. The minimum Gasteiger partial charge on any atom is -0.421 e. The first-order valence-electron chi connectivity index (χ1n) is 10.4. The van der Waals surface area contributed by atoms with Crippen LogP contribution < -0.4 is 0 Å². The Morgan fingerprint density at radius 2 is 2.03 bits per heavy atom. The number of hydrogen-bond donors (Lipinski definition) is 0. The van der Waals surface area contributed by atoms with Gasteiger partial charge in [-0.2, -0.15) is 11.3 Å². The lowest BCUT2D eigenvalue weighted by Gasteiger charge is -2.25. The number of hydrogen-bond acceptors (Lipinski definition) is 5. The fourth-order valence-corrected chi connectivity index (χ4v) is 4.95. The van der Waals surface area contributed by atoms with Crippen molar-refractivity contribution in [1.29, 1.82) is 0 Å². The summed E-state index contributed by atoms with van der Waals surface area (Å²) in [6, 6.07) is 17.1. The third-order valence-corrected chi connectivity index (χ3v) is 6.50. The standard InChI is InChI=1S/C24H23N3O2S/c28-23(11-10-22-25-26-24(29-22)19-12-14-30-16-19)27-13-4-8-20(27)15-18-7-3-6-17-5-1-2-9-21(17)18/h1-3,5-7,9,12,14,16,20H,4,8,10-11,13,15H2/t20-/m1/s1. The number of carbonyl (C=O) groups is 1. The lowest BCUT2D eigenvalue weighted by atomic mass is 9.97. The maximum atomic E-state index is 13.0. The molecule has 0 unspecified atom stereocenters. The number of thiophene rings is 1. The summed E-state index contributed by atoms with van der Waals surface area (Å²) in [6.07, 6.45) is 3.89. The Bertz CT molecular complexity index is 1150. The molecule has 0 aliphatic carbocycles. The molecule has 0 saturated carbocycles. The molecule has 2 aromatic carbocycles. The van der Waals surface area contributed by atoms with Crippen LogP contribution in [-0.4, -0.2) is 33.6 Å². The molecule has 4 aromatic rings. The maximum Gasteiger partial charge on any atom is 0.248 e. The monoisotopic (exact) mass is 417 g/mol. The Morgan fingerprint density at radius 3 is 2.93 bits per heavy atom. The smallest absolute Gasteiger partial charge is 0.248 e. The van der Waals surface area contributed by atoms with Gasteiger partial charge in [-0.05, 0) is 47.0 Å². The molecule has 6 heteroatoms. The minimum absolute atomic E-state index is 0.174. The highest BCUT2D eigenvalue weighted by Crippen LogP contribution is 2.27. The molecule has 5 nitrogen and oxygen atoms in total. The molecule has 1 saturated heterocycles. The van der Waals surface area contributed by atoms with Gasteiger partial charge in [0, 0.05) is 36.4 Å². The van der Waals surface area contributed by atoms with Crippen LogP contribution in [0.25, 0.3) is 22.2 Å². The number of likely N-dealkylation sites (tertiary alicyclic amines) is 1. The molecule has 1 fully saturated rings. The van der Waals surface area contributed by atoms with E-state index in [0.717, 1.165) is 31.4 Å². The van der Waals surface area contributed by atoms with Gasteiger partial charge in [0.2, 0.25) is 17.7 Å². The Labute approximate surface area is 179 Å². The van der Waals surface area contributed by atoms with Gasteiger partial charge in [-0.15, -0.1) is 10.2 Å². The second kappa shape index (κ2) is 8.40. The third-order valence-electron chi connectivity index (χ3n) is 5.82. The molecule has 0 radical (unpaired) electrons. The Kier molecular flexibility index (Phi) is 5.32. The molecular formula is C24H23N3O2S. The van der Waals surface area contributed by atoms with Gasteiger partial charge < -0.3 is 9.32 Å². The van der Waals surface area contributed by atoms with Crippen LogP contribution in [0.2, 0.25) is 0 Å². The number of aromatic nitrogens is 2. The highest BCUT2D eigenvalue weighted by Gasteiger charge is 2.29. The van der Waals surface area contributed by atoms with E-state index in [4.69, 9.17) is 4.42 Å². The molecule has 2 aromatic heterocycles. The van der Waals surface area contributed by atoms with Crippen LogP contribution in [-0.2, 0) is 17.6 Å². The van der Waals surface area contributed by atoms with Crippen LogP contribution in [0.15, 0.2) is 63.7 Å². The van der Waals surface area contributed by atoms with Crippen molar-refractivity contribution in [3.8, 4) is 11.5 Å². The fraction of sp³-hybridized carbons (Fsp3) is 0.292. The van der Waals surface area contributed by atoms with E-state index in [9.17, 15) is 4.79 Å². The van der Waals surface area contributed by atoms with Crippen molar-refractivity contribution < 1.29 is 9.21 Å². The average Bonchev–Trinajstić information content (AvgIpc) is 3.54. The van der Waals surface area contributed by atoms with Crippen molar-refractivity contribution in [2.45, 2.75) is 38.1 Å². The van der Waals surface area contributed by atoms with Gasteiger partial charge in [0.25, 0.3) is 0 Å². The molecule has 152 valence electrons. The largest absolute Gasteiger partial charge is 0.421 e. The van der Waals surface area contributed by atoms with Crippen molar-refractivity contribution in [3.05, 3.63) is 70.7 Å². The molecule has 0 bridgehead atoms. The summed E-state index contributed by atoms with van der Waals surface area (Å²) in [6.45, 7) is 0.832. The number of amides is 1. The summed E-state index contributed by atoms with van der Waals surface area (Å²) >= 11 is 1.59. The zero-order chi connectivity index (χ0) is 20.3. The molecule has 30 heavy (non-hydrogen) atoms. The number of nitrogens with zero attached hydrogens (tertiary/aromatic N) is 3.